The predicted molar refractivity (Wildman–Crippen MR) is 72.1 cm³/mol. The number of carbonyl (C=O) groups excluding carboxylic acids is 1. The molecule has 0 aliphatic heterocycles. The molecule has 2 heteroatoms. The van der Waals surface area contributed by atoms with Crippen molar-refractivity contribution in [3.63, 3.8) is 0 Å². The molecule has 0 aliphatic rings. The van der Waals surface area contributed by atoms with Gasteiger partial charge in [-0.15, -0.1) is 0 Å². The summed E-state index contributed by atoms with van der Waals surface area (Å²) in [6.07, 6.45) is 2.92. The van der Waals surface area contributed by atoms with Crippen molar-refractivity contribution < 1.29 is 4.79 Å². The second-order valence-corrected chi connectivity index (χ2v) is 5.23. The molecule has 0 fully saturated rings. The molecule has 1 unspecified atom stereocenters. The molecule has 1 aromatic rings. The van der Waals surface area contributed by atoms with E-state index >= 15 is 0 Å². The van der Waals surface area contributed by atoms with Crippen molar-refractivity contribution in [2.24, 2.45) is 5.92 Å². The summed E-state index contributed by atoms with van der Waals surface area (Å²) in [7, 11) is 0. The molecule has 0 bridgehead atoms. The van der Waals surface area contributed by atoms with Crippen LogP contribution in [-0.4, -0.2) is 18.4 Å². The lowest BCUT2D eigenvalue weighted by atomic mass is 9.94. The second-order valence-electron chi connectivity index (χ2n) is 5.23. The monoisotopic (exact) mass is 233 g/mol. The van der Waals surface area contributed by atoms with Gasteiger partial charge in [0.1, 0.15) is 6.29 Å². The highest BCUT2D eigenvalue weighted by molar-refractivity contribution is 5.53. The molecule has 0 radical (unpaired) electrons. The zero-order valence-corrected chi connectivity index (χ0v) is 11.1. The number of benzene rings is 1. The quantitative estimate of drug-likeness (QED) is 0.734. The minimum Gasteiger partial charge on any atom is -0.311 e. The van der Waals surface area contributed by atoms with Crippen molar-refractivity contribution in [3.8, 4) is 0 Å². The van der Waals surface area contributed by atoms with Gasteiger partial charge >= 0.3 is 0 Å². The van der Waals surface area contributed by atoms with E-state index in [0.717, 1.165) is 25.7 Å². The average Bonchev–Trinajstić information content (AvgIpc) is 2.31. The molecule has 17 heavy (non-hydrogen) atoms. The zero-order valence-electron chi connectivity index (χ0n) is 11.1. The fourth-order valence-electron chi connectivity index (χ4n) is 1.86. The van der Waals surface area contributed by atoms with Gasteiger partial charge in [0.25, 0.3) is 0 Å². The third-order valence-corrected chi connectivity index (χ3v) is 3.05. The van der Waals surface area contributed by atoms with Crippen LogP contribution in [0.2, 0.25) is 0 Å². The van der Waals surface area contributed by atoms with E-state index in [0.29, 0.717) is 0 Å². The highest BCUT2D eigenvalue weighted by Crippen LogP contribution is 2.13. The van der Waals surface area contributed by atoms with Crippen molar-refractivity contribution in [1.29, 1.82) is 0 Å². The highest BCUT2D eigenvalue weighted by Gasteiger charge is 2.18. The van der Waals surface area contributed by atoms with Gasteiger partial charge in [0.05, 0.1) is 0 Å². The van der Waals surface area contributed by atoms with Gasteiger partial charge in [0.2, 0.25) is 0 Å². The second kappa shape index (κ2) is 6.55. The lowest BCUT2D eigenvalue weighted by molar-refractivity contribution is -0.111. The third kappa shape index (κ3) is 5.14. The first-order chi connectivity index (χ1) is 8.07. The number of carbonyl (C=O) groups is 1. The Balaban J connectivity index is 2.48. The van der Waals surface area contributed by atoms with Crippen LogP contribution in [0.5, 0.6) is 0 Å². The summed E-state index contributed by atoms with van der Waals surface area (Å²) in [5, 5.41) is 3.48. The van der Waals surface area contributed by atoms with Gasteiger partial charge in [-0.25, -0.2) is 0 Å². The Bertz CT molecular complexity index is 332. The number of nitrogens with one attached hydrogen (secondary N) is 1. The Hall–Kier alpha value is -1.15. The summed E-state index contributed by atoms with van der Waals surface area (Å²) in [4.78, 5) is 10.8. The first kappa shape index (κ1) is 13.9. The van der Waals surface area contributed by atoms with Gasteiger partial charge < -0.3 is 10.1 Å². The summed E-state index contributed by atoms with van der Waals surface area (Å²) >= 11 is 0. The Morgan fingerprint density at radius 1 is 1.29 bits per heavy atom. The van der Waals surface area contributed by atoms with Crippen molar-refractivity contribution in [1.82, 2.24) is 5.32 Å². The van der Waals surface area contributed by atoms with E-state index in [-0.39, 0.29) is 11.5 Å². The van der Waals surface area contributed by atoms with E-state index in [4.69, 9.17) is 0 Å². The third-order valence-electron chi connectivity index (χ3n) is 3.05. The molecule has 1 aromatic carbocycles. The molecule has 0 saturated heterocycles. The lowest BCUT2D eigenvalue weighted by Gasteiger charge is -2.28. The largest absolute Gasteiger partial charge is 0.311 e. The van der Waals surface area contributed by atoms with Crippen molar-refractivity contribution >= 4 is 6.29 Å². The minimum atomic E-state index is 0.0256. The van der Waals surface area contributed by atoms with Crippen molar-refractivity contribution in [2.45, 2.75) is 39.2 Å². The molecule has 1 rings (SSSR count). The van der Waals surface area contributed by atoms with Crippen LogP contribution in [0.4, 0.5) is 0 Å². The Morgan fingerprint density at radius 2 is 1.94 bits per heavy atom. The summed E-state index contributed by atoms with van der Waals surface area (Å²) in [5.74, 6) is 0.130. The Labute approximate surface area is 104 Å². The van der Waals surface area contributed by atoms with E-state index in [1.807, 2.05) is 13.0 Å². The molecular weight excluding hydrogens is 210 g/mol. The van der Waals surface area contributed by atoms with Crippen LogP contribution >= 0.6 is 0 Å². The number of aldehydes is 1. The van der Waals surface area contributed by atoms with Crippen molar-refractivity contribution in [3.05, 3.63) is 35.9 Å². The molecule has 94 valence electrons. The van der Waals surface area contributed by atoms with E-state index in [9.17, 15) is 4.79 Å². The molecule has 0 amide bonds. The summed E-state index contributed by atoms with van der Waals surface area (Å²) < 4.78 is 0. The molecule has 0 spiro atoms. The summed E-state index contributed by atoms with van der Waals surface area (Å²) in [6, 6.07) is 10.4. The normalized spacial score (nSPS) is 13.4. The topological polar surface area (TPSA) is 29.1 Å². The first-order valence-corrected chi connectivity index (χ1v) is 6.31. The van der Waals surface area contributed by atoms with Gasteiger partial charge in [0, 0.05) is 18.0 Å². The summed E-state index contributed by atoms with van der Waals surface area (Å²) in [6.45, 7) is 7.17. The SMILES string of the molecule is CCC(C=O)CNC(C)(C)Cc1ccccc1. The number of hydrogen-bond donors (Lipinski definition) is 1. The van der Waals surface area contributed by atoms with Gasteiger partial charge in [-0.2, -0.15) is 0 Å². The Kier molecular flexibility index (Phi) is 5.36. The van der Waals surface area contributed by atoms with E-state index in [1.54, 1.807) is 0 Å². The number of rotatable bonds is 7. The van der Waals surface area contributed by atoms with Gasteiger partial charge in [-0.05, 0) is 32.3 Å². The van der Waals surface area contributed by atoms with Crippen LogP contribution in [0.3, 0.4) is 0 Å². The summed E-state index contributed by atoms with van der Waals surface area (Å²) in [5.41, 5.74) is 1.35. The van der Waals surface area contributed by atoms with E-state index in [2.05, 4.69) is 43.4 Å². The van der Waals surface area contributed by atoms with Crippen LogP contribution in [0.15, 0.2) is 30.3 Å². The zero-order chi connectivity index (χ0) is 12.7. The van der Waals surface area contributed by atoms with Crippen LogP contribution in [0, 0.1) is 5.92 Å². The van der Waals surface area contributed by atoms with E-state index in [1.165, 1.54) is 5.56 Å². The minimum absolute atomic E-state index is 0.0256. The van der Waals surface area contributed by atoms with Gasteiger partial charge in [-0.1, -0.05) is 37.3 Å². The predicted octanol–water partition coefficient (Wildman–Crippen LogP) is 2.82. The average molecular weight is 233 g/mol. The molecule has 2 nitrogen and oxygen atoms in total. The molecule has 0 aliphatic carbocycles. The maximum absolute atomic E-state index is 10.8. The maximum Gasteiger partial charge on any atom is 0.124 e. The van der Waals surface area contributed by atoms with E-state index < -0.39 is 0 Å². The standard InChI is InChI=1S/C15H23NO/c1-4-13(12-17)11-16-15(2,3)10-14-8-6-5-7-9-14/h5-9,12-13,16H,4,10-11H2,1-3H3. The van der Waals surface area contributed by atoms with Crippen LogP contribution in [0.25, 0.3) is 0 Å². The first-order valence-electron chi connectivity index (χ1n) is 6.31. The molecule has 1 atom stereocenters. The van der Waals surface area contributed by atoms with Crippen LogP contribution in [0.1, 0.15) is 32.8 Å². The molecular formula is C15H23NO. The number of hydrogen-bond acceptors (Lipinski definition) is 2. The van der Waals surface area contributed by atoms with Gasteiger partial charge in [0.15, 0.2) is 0 Å². The molecule has 0 aromatic heterocycles. The smallest absolute Gasteiger partial charge is 0.124 e. The molecule has 0 heterocycles. The fourth-order valence-corrected chi connectivity index (χ4v) is 1.86. The van der Waals surface area contributed by atoms with Crippen LogP contribution in [-0.2, 0) is 11.2 Å². The molecule has 1 N–H and O–H groups in total. The lowest BCUT2D eigenvalue weighted by Crippen LogP contribution is -2.44. The highest BCUT2D eigenvalue weighted by atomic mass is 16.1. The van der Waals surface area contributed by atoms with Crippen LogP contribution < -0.4 is 5.32 Å². The van der Waals surface area contributed by atoms with Crippen molar-refractivity contribution in [2.75, 3.05) is 6.54 Å². The fraction of sp³-hybridized carbons (Fsp3) is 0.533. The maximum atomic E-state index is 10.8. The molecule has 0 saturated carbocycles. The van der Waals surface area contributed by atoms with Gasteiger partial charge in [-0.3, -0.25) is 0 Å². The Morgan fingerprint density at radius 3 is 2.47 bits per heavy atom.